The van der Waals surface area contributed by atoms with E-state index in [1.807, 2.05) is 26.0 Å². The molecule has 0 atom stereocenters. The summed E-state index contributed by atoms with van der Waals surface area (Å²) in [6.45, 7) is 4.29. The molecule has 112 valence electrons. The zero-order chi connectivity index (χ0) is 15.5. The van der Waals surface area contributed by atoms with E-state index in [9.17, 15) is 8.42 Å². The Morgan fingerprint density at radius 2 is 1.67 bits per heavy atom. The van der Waals surface area contributed by atoms with Crippen molar-refractivity contribution in [2.45, 2.75) is 26.1 Å². The van der Waals surface area contributed by atoms with Crippen molar-refractivity contribution in [3.63, 3.8) is 0 Å². The van der Waals surface area contributed by atoms with Gasteiger partial charge in [0.2, 0.25) is 10.0 Å². The molecule has 0 radical (unpaired) electrons. The molecule has 0 saturated heterocycles. The summed E-state index contributed by atoms with van der Waals surface area (Å²) < 4.78 is 26.8. The van der Waals surface area contributed by atoms with E-state index < -0.39 is 10.0 Å². The Morgan fingerprint density at radius 3 is 2.29 bits per heavy atom. The monoisotopic (exact) mass is 323 g/mol. The molecule has 0 heterocycles. The first kappa shape index (κ1) is 16.0. The molecular weight excluding hydrogens is 306 g/mol. The fourth-order valence-electron chi connectivity index (χ4n) is 2.26. The van der Waals surface area contributed by atoms with E-state index >= 15 is 0 Å². The Morgan fingerprint density at radius 1 is 1.00 bits per heavy atom. The predicted octanol–water partition coefficient (Wildman–Crippen LogP) is 3.58. The van der Waals surface area contributed by atoms with Crippen LogP contribution in [0.1, 0.15) is 22.3 Å². The Hall–Kier alpha value is -1.36. The van der Waals surface area contributed by atoms with Crippen molar-refractivity contribution >= 4 is 21.6 Å². The maximum absolute atomic E-state index is 12.1. The first-order valence-electron chi connectivity index (χ1n) is 6.63. The molecule has 0 spiro atoms. The molecule has 0 aromatic heterocycles. The zero-order valence-electron chi connectivity index (χ0n) is 12.1. The lowest BCUT2D eigenvalue weighted by Crippen LogP contribution is -2.24. The van der Waals surface area contributed by atoms with Crippen LogP contribution in [0.3, 0.4) is 0 Å². The third-order valence-corrected chi connectivity index (χ3v) is 4.56. The second-order valence-corrected chi connectivity index (χ2v) is 7.45. The normalized spacial score (nSPS) is 11.6. The van der Waals surface area contributed by atoms with Gasteiger partial charge in [0.05, 0.1) is 5.75 Å². The van der Waals surface area contributed by atoms with Crippen LogP contribution >= 0.6 is 11.6 Å². The quantitative estimate of drug-likeness (QED) is 0.914. The summed E-state index contributed by atoms with van der Waals surface area (Å²) in [5, 5.41) is 0.539. The maximum atomic E-state index is 12.1. The first-order chi connectivity index (χ1) is 9.84. The molecule has 0 amide bonds. The Labute approximate surface area is 131 Å². The third kappa shape index (κ3) is 5.16. The number of rotatable bonds is 5. The molecule has 21 heavy (non-hydrogen) atoms. The third-order valence-electron chi connectivity index (χ3n) is 3.02. The summed E-state index contributed by atoms with van der Waals surface area (Å²) in [7, 11) is -3.38. The van der Waals surface area contributed by atoms with Gasteiger partial charge in [0, 0.05) is 11.6 Å². The highest BCUT2D eigenvalue weighted by molar-refractivity contribution is 7.88. The van der Waals surface area contributed by atoms with Crippen molar-refractivity contribution in [1.29, 1.82) is 0 Å². The fourth-order valence-corrected chi connectivity index (χ4v) is 3.58. The average molecular weight is 324 g/mol. The van der Waals surface area contributed by atoms with E-state index in [1.165, 1.54) is 0 Å². The lowest BCUT2D eigenvalue weighted by atomic mass is 10.1. The SMILES string of the molecule is Cc1cc(C)cc(CNS(=O)(=O)Cc2cccc(Cl)c2)c1. The zero-order valence-corrected chi connectivity index (χ0v) is 13.6. The van der Waals surface area contributed by atoms with Gasteiger partial charge in [-0.05, 0) is 37.1 Å². The number of aryl methyl sites for hydroxylation is 2. The van der Waals surface area contributed by atoms with Gasteiger partial charge in [-0.2, -0.15) is 0 Å². The highest BCUT2D eigenvalue weighted by Crippen LogP contribution is 2.13. The van der Waals surface area contributed by atoms with E-state index in [-0.39, 0.29) is 5.75 Å². The van der Waals surface area contributed by atoms with E-state index in [1.54, 1.807) is 24.3 Å². The summed E-state index contributed by atoms with van der Waals surface area (Å²) >= 11 is 5.87. The molecule has 1 N–H and O–H groups in total. The van der Waals surface area contributed by atoms with Crippen LogP contribution < -0.4 is 4.72 Å². The molecule has 0 unspecified atom stereocenters. The van der Waals surface area contributed by atoms with Crippen LogP contribution in [-0.2, 0) is 22.3 Å². The summed E-state index contributed by atoms with van der Waals surface area (Å²) in [5.74, 6) is -0.0711. The Kier molecular flexibility index (Phi) is 5.04. The highest BCUT2D eigenvalue weighted by atomic mass is 35.5. The van der Waals surface area contributed by atoms with Gasteiger partial charge in [-0.25, -0.2) is 13.1 Å². The summed E-state index contributed by atoms with van der Waals surface area (Å²) in [4.78, 5) is 0. The molecule has 0 fully saturated rings. The number of nitrogens with one attached hydrogen (secondary N) is 1. The average Bonchev–Trinajstić information content (AvgIpc) is 2.35. The molecule has 0 aliphatic carbocycles. The lowest BCUT2D eigenvalue weighted by molar-refractivity contribution is 0.580. The molecular formula is C16H18ClNO2S. The van der Waals surface area contributed by atoms with Crippen molar-refractivity contribution < 1.29 is 8.42 Å². The van der Waals surface area contributed by atoms with Gasteiger partial charge in [0.15, 0.2) is 0 Å². The molecule has 2 aromatic carbocycles. The summed E-state index contributed by atoms with van der Waals surface area (Å²) in [5.41, 5.74) is 3.88. The summed E-state index contributed by atoms with van der Waals surface area (Å²) in [6.07, 6.45) is 0. The number of halogens is 1. The number of hydrogen-bond acceptors (Lipinski definition) is 2. The minimum Gasteiger partial charge on any atom is -0.212 e. The van der Waals surface area contributed by atoms with Crippen LogP contribution in [-0.4, -0.2) is 8.42 Å². The van der Waals surface area contributed by atoms with Crippen LogP contribution in [0.15, 0.2) is 42.5 Å². The maximum Gasteiger partial charge on any atom is 0.216 e. The van der Waals surface area contributed by atoms with Crippen molar-refractivity contribution in [2.24, 2.45) is 0 Å². The van der Waals surface area contributed by atoms with Crippen molar-refractivity contribution in [2.75, 3.05) is 0 Å². The molecule has 0 bridgehead atoms. The Balaban J connectivity index is 2.04. The molecule has 0 saturated carbocycles. The standard InChI is InChI=1S/C16H18ClNO2S/c1-12-6-13(2)8-15(7-12)10-18-21(19,20)11-14-4-3-5-16(17)9-14/h3-9,18H,10-11H2,1-2H3. The van der Waals surface area contributed by atoms with Gasteiger partial charge in [-0.3, -0.25) is 0 Å². The Bertz CT molecular complexity index is 721. The number of sulfonamides is 1. The number of hydrogen-bond donors (Lipinski definition) is 1. The highest BCUT2D eigenvalue weighted by Gasteiger charge is 2.11. The number of benzene rings is 2. The minimum absolute atomic E-state index is 0.0711. The molecule has 2 aromatic rings. The van der Waals surface area contributed by atoms with Crippen LogP contribution in [0.2, 0.25) is 5.02 Å². The second kappa shape index (κ2) is 6.60. The topological polar surface area (TPSA) is 46.2 Å². The molecule has 5 heteroatoms. The van der Waals surface area contributed by atoms with Gasteiger partial charge < -0.3 is 0 Å². The largest absolute Gasteiger partial charge is 0.216 e. The second-order valence-electron chi connectivity index (χ2n) is 5.21. The van der Waals surface area contributed by atoms with Gasteiger partial charge >= 0.3 is 0 Å². The van der Waals surface area contributed by atoms with Crippen molar-refractivity contribution in [3.05, 3.63) is 69.7 Å². The van der Waals surface area contributed by atoms with Crippen LogP contribution in [0.4, 0.5) is 0 Å². The van der Waals surface area contributed by atoms with Gasteiger partial charge in [-0.1, -0.05) is 53.1 Å². The van der Waals surface area contributed by atoms with Gasteiger partial charge in [-0.15, -0.1) is 0 Å². The smallest absolute Gasteiger partial charge is 0.212 e. The first-order valence-corrected chi connectivity index (χ1v) is 8.66. The van der Waals surface area contributed by atoms with Gasteiger partial charge in [0.1, 0.15) is 0 Å². The summed E-state index contributed by atoms with van der Waals surface area (Å²) in [6, 6.07) is 12.9. The van der Waals surface area contributed by atoms with Crippen LogP contribution in [0.25, 0.3) is 0 Å². The van der Waals surface area contributed by atoms with Crippen LogP contribution in [0.5, 0.6) is 0 Å². The van der Waals surface area contributed by atoms with Gasteiger partial charge in [0.25, 0.3) is 0 Å². The molecule has 0 aliphatic rings. The minimum atomic E-state index is -3.38. The lowest BCUT2D eigenvalue weighted by Gasteiger charge is -2.09. The van der Waals surface area contributed by atoms with Crippen LogP contribution in [0, 0.1) is 13.8 Å². The predicted molar refractivity (Wildman–Crippen MR) is 86.8 cm³/mol. The van der Waals surface area contributed by atoms with E-state index in [0.29, 0.717) is 17.1 Å². The molecule has 2 rings (SSSR count). The molecule has 0 aliphatic heterocycles. The fraction of sp³-hybridized carbons (Fsp3) is 0.250. The molecule has 3 nitrogen and oxygen atoms in total. The van der Waals surface area contributed by atoms with E-state index in [0.717, 1.165) is 16.7 Å². The van der Waals surface area contributed by atoms with E-state index in [4.69, 9.17) is 11.6 Å². The van der Waals surface area contributed by atoms with Crippen molar-refractivity contribution in [1.82, 2.24) is 4.72 Å². The van der Waals surface area contributed by atoms with Crippen molar-refractivity contribution in [3.8, 4) is 0 Å². The van der Waals surface area contributed by atoms with E-state index in [2.05, 4.69) is 10.8 Å².